The Morgan fingerprint density at radius 2 is 1.93 bits per heavy atom. The van der Waals surface area contributed by atoms with Crippen LogP contribution in [0.1, 0.15) is 10.9 Å². The predicted molar refractivity (Wildman–Crippen MR) is 134 cm³/mol. The molecule has 1 N–H and O–H groups in total. The van der Waals surface area contributed by atoms with Gasteiger partial charge >= 0.3 is 0 Å². The van der Waals surface area contributed by atoms with Crippen LogP contribution in [0.4, 0.5) is 5.82 Å². The van der Waals surface area contributed by atoms with Gasteiger partial charge in [-0.3, -0.25) is 9.89 Å². The zero-order valence-corrected chi connectivity index (χ0v) is 20.6. The van der Waals surface area contributed by atoms with E-state index in [0.717, 1.165) is 70.8 Å². The number of halogens is 1. The average Bonchev–Trinajstić information content (AvgIpc) is 3.33. The summed E-state index contributed by atoms with van der Waals surface area (Å²) in [6.45, 7) is 8.23. The van der Waals surface area contributed by atoms with Crippen molar-refractivity contribution in [2.75, 3.05) is 71.0 Å². The number of nitrogens with one attached hydrogen (secondary N) is 1. The summed E-state index contributed by atoms with van der Waals surface area (Å²) in [7, 11) is 1.88. The zero-order valence-electron chi connectivity index (χ0n) is 17.4. The summed E-state index contributed by atoms with van der Waals surface area (Å²) in [5.74, 6) is 2.04. The molecule has 0 aliphatic carbocycles. The number of nitrogens with zero attached hydrogens (tertiary/aromatic N) is 5. The molecule has 4 rings (SSSR count). The second-order valence-electron chi connectivity index (χ2n) is 7.27. The number of anilines is 1. The number of hydrogen-bond donors (Lipinski definition) is 1. The highest BCUT2D eigenvalue weighted by Gasteiger charge is 2.25. The number of ether oxygens (including phenoxy) is 1. The first-order chi connectivity index (χ1) is 14.3. The Hall–Kier alpha value is -1.43. The van der Waals surface area contributed by atoms with E-state index in [1.54, 1.807) is 0 Å². The van der Waals surface area contributed by atoms with Crippen LogP contribution < -0.4 is 10.2 Å². The van der Waals surface area contributed by atoms with E-state index in [4.69, 9.17) is 4.74 Å². The lowest BCUT2D eigenvalue weighted by Gasteiger charge is -2.38. The molecule has 2 aromatic rings. The van der Waals surface area contributed by atoms with Gasteiger partial charge in [0.25, 0.3) is 0 Å². The summed E-state index contributed by atoms with van der Waals surface area (Å²) < 4.78 is 5.56. The van der Waals surface area contributed by atoms with E-state index in [0.29, 0.717) is 6.04 Å². The molecule has 30 heavy (non-hydrogen) atoms. The molecular weight excluding hydrogens is 511 g/mol. The lowest BCUT2D eigenvalue weighted by molar-refractivity contribution is 0.0176. The molecule has 1 unspecified atom stereocenters. The number of piperazine rings is 1. The average molecular weight is 542 g/mol. The van der Waals surface area contributed by atoms with Gasteiger partial charge in [0.15, 0.2) is 5.96 Å². The van der Waals surface area contributed by atoms with E-state index in [-0.39, 0.29) is 24.0 Å². The monoisotopic (exact) mass is 542 g/mol. The molecule has 0 spiro atoms. The van der Waals surface area contributed by atoms with E-state index < -0.39 is 0 Å². The fourth-order valence-electron chi connectivity index (χ4n) is 3.99. The van der Waals surface area contributed by atoms with Crippen LogP contribution in [0.3, 0.4) is 0 Å². The minimum absolute atomic E-state index is 0. The number of aromatic nitrogens is 1. The number of hydrogen-bond acceptors (Lipinski definition) is 6. The van der Waals surface area contributed by atoms with Crippen molar-refractivity contribution in [3.63, 3.8) is 0 Å². The smallest absolute Gasteiger partial charge is 0.193 e. The maximum Gasteiger partial charge on any atom is 0.193 e. The maximum absolute atomic E-state index is 5.56. The van der Waals surface area contributed by atoms with Gasteiger partial charge in [0.1, 0.15) is 5.82 Å². The van der Waals surface area contributed by atoms with Gasteiger partial charge in [-0.2, -0.15) is 0 Å². The molecule has 0 amide bonds. The third kappa shape index (κ3) is 5.83. The third-order valence-electron chi connectivity index (χ3n) is 5.58. The summed E-state index contributed by atoms with van der Waals surface area (Å²) in [4.78, 5) is 17.7. The third-order valence-corrected chi connectivity index (χ3v) is 6.55. The lowest BCUT2D eigenvalue weighted by atomic mass is 10.2. The van der Waals surface area contributed by atoms with E-state index in [1.807, 2.05) is 36.7 Å². The molecule has 4 heterocycles. The summed E-state index contributed by atoms with van der Waals surface area (Å²) in [5, 5.41) is 5.81. The summed E-state index contributed by atoms with van der Waals surface area (Å²) >= 11 is 1.83. The second-order valence-corrected chi connectivity index (χ2v) is 8.25. The first-order valence-electron chi connectivity index (χ1n) is 10.3. The minimum Gasteiger partial charge on any atom is -0.379 e. The lowest BCUT2D eigenvalue weighted by Crippen LogP contribution is -2.54. The van der Waals surface area contributed by atoms with Crippen LogP contribution in [0.2, 0.25) is 0 Å². The summed E-state index contributed by atoms with van der Waals surface area (Å²) in [5.41, 5.74) is 0. The van der Waals surface area contributed by atoms with Crippen molar-refractivity contribution in [2.45, 2.75) is 6.04 Å². The molecule has 0 aromatic carbocycles. The number of rotatable bonds is 5. The molecule has 1 atom stereocenters. The first-order valence-corrected chi connectivity index (χ1v) is 11.2. The van der Waals surface area contributed by atoms with Crippen LogP contribution in [-0.2, 0) is 4.74 Å². The van der Waals surface area contributed by atoms with Gasteiger partial charge < -0.3 is 19.9 Å². The molecule has 7 nitrogen and oxygen atoms in total. The number of guanidine groups is 1. The molecule has 2 aliphatic rings. The standard InChI is InChI=1S/C21H30N6OS.HI/c1-22-21(27-10-8-26(9-11-27)20-6-2-3-7-23-20)24-17-18(19-5-4-16-29-19)25-12-14-28-15-13-25;/h2-7,16,18H,8-15,17H2,1H3,(H,22,24);1H. The van der Waals surface area contributed by atoms with Crippen LogP contribution in [-0.4, -0.2) is 86.8 Å². The quantitative estimate of drug-likeness (QED) is 0.356. The molecule has 2 aliphatic heterocycles. The Kier molecular flexibility index (Phi) is 9.16. The van der Waals surface area contributed by atoms with E-state index in [9.17, 15) is 0 Å². The van der Waals surface area contributed by atoms with Gasteiger partial charge in [-0.1, -0.05) is 12.1 Å². The van der Waals surface area contributed by atoms with Gasteiger partial charge in [-0.15, -0.1) is 35.3 Å². The Balaban J connectivity index is 0.00000256. The van der Waals surface area contributed by atoms with E-state index in [1.165, 1.54) is 4.88 Å². The fourth-order valence-corrected chi connectivity index (χ4v) is 4.85. The Bertz CT molecular complexity index is 761. The summed E-state index contributed by atoms with van der Waals surface area (Å²) in [6, 6.07) is 10.8. The van der Waals surface area contributed by atoms with Crippen molar-refractivity contribution in [1.29, 1.82) is 0 Å². The molecule has 0 saturated carbocycles. The molecule has 9 heteroatoms. The van der Waals surface area contributed by atoms with Gasteiger partial charge in [-0.25, -0.2) is 4.98 Å². The molecule has 2 aromatic heterocycles. The topological polar surface area (TPSA) is 56.2 Å². The van der Waals surface area contributed by atoms with E-state index >= 15 is 0 Å². The molecule has 0 bridgehead atoms. The SMILES string of the molecule is CN=C(NCC(c1cccs1)N1CCOCC1)N1CCN(c2ccccn2)CC1.I. The minimum atomic E-state index is 0. The zero-order chi connectivity index (χ0) is 19.9. The molecular formula is C21H31IN6OS. The fraction of sp³-hybridized carbons (Fsp3) is 0.524. The largest absolute Gasteiger partial charge is 0.379 e. The highest BCUT2D eigenvalue weighted by molar-refractivity contribution is 14.0. The molecule has 2 saturated heterocycles. The summed E-state index contributed by atoms with van der Waals surface area (Å²) in [6.07, 6.45) is 1.86. The van der Waals surface area contributed by atoms with Gasteiger partial charge in [0, 0.05) is 63.9 Å². The maximum atomic E-state index is 5.56. The van der Waals surface area contributed by atoms with Crippen LogP contribution in [0, 0.1) is 0 Å². The van der Waals surface area contributed by atoms with Crippen LogP contribution in [0.15, 0.2) is 46.9 Å². The predicted octanol–water partition coefficient (Wildman–Crippen LogP) is 2.53. The van der Waals surface area contributed by atoms with Crippen molar-refractivity contribution < 1.29 is 4.74 Å². The van der Waals surface area contributed by atoms with Crippen molar-refractivity contribution in [3.8, 4) is 0 Å². The number of pyridine rings is 1. The Morgan fingerprint density at radius 3 is 2.57 bits per heavy atom. The van der Waals surface area contributed by atoms with Crippen LogP contribution in [0.5, 0.6) is 0 Å². The first kappa shape index (κ1) is 23.2. The van der Waals surface area contributed by atoms with Gasteiger partial charge in [0.2, 0.25) is 0 Å². The Morgan fingerprint density at radius 1 is 1.13 bits per heavy atom. The Labute approximate surface area is 200 Å². The second kappa shape index (κ2) is 11.8. The van der Waals surface area contributed by atoms with Crippen molar-refractivity contribution in [3.05, 3.63) is 46.8 Å². The molecule has 0 radical (unpaired) electrons. The molecule has 2 fully saturated rings. The normalized spacial score (nSPS) is 19.3. The van der Waals surface area contributed by atoms with Gasteiger partial charge in [-0.05, 0) is 23.6 Å². The number of morpholine rings is 1. The molecule has 164 valence electrons. The number of aliphatic imine (C=N–C) groups is 1. The van der Waals surface area contributed by atoms with Crippen LogP contribution >= 0.6 is 35.3 Å². The van der Waals surface area contributed by atoms with Crippen molar-refractivity contribution in [2.24, 2.45) is 4.99 Å². The van der Waals surface area contributed by atoms with Crippen molar-refractivity contribution >= 4 is 47.1 Å². The van der Waals surface area contributed by atoms with Gasteiger partial charge in [0.05, 0.1) is 19.3 Å². The van der Waals surface area contributed by atoms with Crippen molar-refractivity contribution in [1.82, 2.24) is 20.1 Å². The number of thiophene rings is 1. The highest BCUT2D eigenvalue weighted by Crippen LogP contribution is 2.25. The highest BCUT2D eigenvalue weighted by atomic mass is 127. The van der Waals surface area contributed by atoms with Crippen LogP contribution in [0.25, 0.3) is 0 Å². The van der Waals surface area contributed by atoms with E-state index in [2.05, 4.69) is 53.6 Å².